The number of aromatic carboxylic acids is 1. The van der Waals surface area contributed by atoms with Crippen molar-refractivity contribution in [1.29, 1.82) is 0 Å². The third kappa shape index (κ3) is 5.47. The van der Waals surface area contributed by atoms with Gasteiger partial charge in [-0.05, 0) is 67.2 Å². The Kier molecular flexibility index (Phi) is 7.84. The van der Waals surface area contributed by atoms with Gasteiger partial charge in [-0.2, -0.15) is 0 Å². The first-order chi connectivity index (χ1) is 16.2. The average molecular weight is 520 g/mol. The van der Waals surface area contributed by atoms with Crippen molar-refractivity contribution >= 4 is 31.8 Å². The molecule has 0 bridgehead atoms. The highest BCUT2D eigenvalue weighted by Crippen LogP contribution is 2.39. The Balaban J connectivity index is 2.02. The van der Waals surface area contributed by atoms with E-state index in [1.807, 2.05) is 13.0 Å². The molecule has 0 aromatic heterocycles. The summed E-state index contributed by atoms with van der Waals surface area (Å²) in [7, 11) is -2.14. The Bertz CT molecular complexity index is 1140. The molecule has 2 atom stereocenters. The minimum Gasteiger partial charge on any atom is -0.478 e. The van der Waals surface area contributed by atoms with Crippen LogP contribution in [0.3, 0.4) is 0 Å². The van der Waals surface area contributed by atoms with E-state index < -0.39 is 26.1 Å². The SMILES string of the molecule is Cc1ccc(F)c(CC(=O)N2[C@@H](CO[Si](C)(C)C(C)(C)C)Cc3c(C(=O)O)cccc3[C@@H]2C)c1Cl. The van der Waals surface area contributed by atoms with E-state index in [2.05, 4.69) is 33.9 Å². The standard InChI is InChI=1S/C27H35ClFNO4Si/c1-16-11-12-23(29)22(25(16)28)14-24(31)30-17(2)19-9-8-10-20(26(32)33)21(19)13-18(30)15-34-35(6,7)27(3,4)5/h8-12,17-18H,13-15H2,1-7H3,(H,32,33)/t17-,18+/m0/s1. The van der Waals surface area contributed by atoms with Crippen molar-refractivity contribution in [3.8, 4) is 0 Å². The number of carbonyl (C=O) groups is 2. The van der Waals surface area contributed by atoms with E-state index in [1.54, 1.807) is 30.0 Å². The molecule has 2 aromatic rings. The van der Waals surface area contributed by atoms with E-state index in [0.717, 1.165) is 11.1 Å². The van der Waals surface area contributed by atoms with Gasteiger partial charge in [-0.3, -0.25) is 4.79 Å². The molecule has 0 saturated carbocycles. The lowest BCUT2D eigenvalue weighted by molar-refractivity contribution is -0.137. The molecule has 190 valence electrons. The average Bonchev–Trinajstić information content (AvgIpc) is 2.76. The Labute approximate surface area is 213 Å². The highest BCUT2D eigenvalue weighted by molar-refractivity contribution is 6.74. The molecular weight excluding hydrogens is 485 g/mol. The normalized spacial score (nSPS) is 18.4. The van der Waals surface area contributed by atoms with Crippen LogP contribution in [0.2, 0.25) is 23.2 Å². The minimum absolute atomic E-state index is 0.0233. The number of benzene rings is 2. The van der Waals surface area contributed by atoms with Crippen LogP contribution in [-0.2, 0) is 22.1 Å². The Morgan fingerprint density at radius 2 is 1.89 bits per heavy atom. The lowest BCUT2D eigenvalue weighted by Gasteiger charge is -2.44. The summed E-state index contributed by atoms with van der Waals surface area (Å²) in [6, 6.07) is 7.29. The lowest BCUT2D eigenvalue weighted by atomic mass is 9.85. The second-order valence-electron chi connectivity index (χ2n) is 10.9. The zero-order valence-electron chi connectivity index (χ0n) is 21.5. The number of carboxylic acids is 1. The molecule has 0 unspecified atom stereocenters. The molecule has 1 N–H and O–H groups in total. The summed E-state index contributed by atoms with van der Waals surface area (Å²) in [5, 5.41) is 10.0. The molecule has 1 amide bonds. The number of nitrogens with zero attached hydrogens (tertiary/aromatic N) is 1. The number of carboxylic acid groups (broad SMARTS) is 1. The van der Waals surface area contributed by atoms with Gasteiger partial charge >= 0.3 is 5.97 Å². The summed E-state index contributed by atoms with van der Waals surface area (Å²) in [6.07, 6.45) is 0.174. The molecule has 0 spiro atoms. The third-order valence-corrected chi connectivity index (χ3v) is 12.6. The van der Waals surface area contributed by atoms with Crippen LogP contribution in [-0.4, -0.2) is 42.8 Å². The van der Waals surface area contributed by atoms with E-state index in [1.165, 1.54) is 6.07 Å². The van der Waals surface area contributed by atoms with Gasteiger partial charge in [0.25, 0.3) is 0 Å². The zero-order valence-corrected chi connectivity index (χ0v) is 23.3. The molecule has 0 aliphatic carbocycles. The van der Waals surface area contributed by atoms with Crippen LogP contribution in [0.25, 0.3) is 0 Å². The van der Waals surface area contributed by atoms with Gasteiger partial charge in [0.15, 0.2) is 8.32 Å². The molecular formula is C27H35ClFNO4Si. The number of halogens is 2. The Hall–Kier alpha value is -2.22. The van der Waals surface area contributed by atoms with Crippen molar-refractivity contribution < 1.29 is 23.5 Å². The van der Waals surface area contributed by atoms with E-state index in [9.17, 15) is 19.1 Å². The van der Waals surface area contributed by atoms with Crippen molar-refractivity contribution in [3.63, 3.8) is 0 Å². The quantitative estimate of drug-likeness (QED) is 0.438. The van der Waals surface area contributed by atoms with Gasteiger partial charge in [0.2, 0.25) is 5.91 Å². The maximum absolute atomic E-state index is 14.6. The smallest absolute Gasteiger partial charge is 0.335 e. The predicted molar refractivity (Wildman–Crippen MR) is 139 cm³/mol. The number of hydrogen-bond acceptors (Lipinski definition) is 3. The fraction of sp³-hybridized carbons (Fsp3) is 0.481. The number of rotatable bonds is 6. The topological polar surface area (TPSA) is 66.8 Å². The van der Waals surface area contributed by atoms with E-state index >= 15 is 0 Å². The maximum Gasteiger partial charge on any atom is 0.335 e. The highest BCUT2D eigenvalue weighted by Gasteiger charge is 2.41. The molecule has 1 aliphatic rings. The van der Waals surface area contributed by atoms with Crippen LogP contribution in [0.1, 0.15) is 66.3 Å². The van der Waals surface area contributed by atoms with Gasteiger partial charge in [0.05, 0.1) is 35.7 Å². The Morgan fingerprint density at radius 1 is 1.23 bits per heavy atom. The van der Waals surface area contributed by atoms with Crippen LogP contribution in [0, 0.1) is 12.7 Å². The van der Waals surface area contributed by atoms with Crippen molar-refractivity contribution in [3.05, 3.63) is 69.0 Å². The van der Waals surface area contributed by atoms with E-state index in [4.69, 9.17) is 16.0 Å². The highest BCUT2D eigenvalue weighted by atomic mass is 35.5. The fourth-order valence-electron chi connectivity index (χ4n) is 4.42. The largest absolute Gasteiger partial charge is 0.478 e. The van der Waals surface area contributed by atoms with Crippen molar-refractivity contribution in [1.82, 2.24) is 4.90 Å². The summed E-state index contributed by atoms with van der Waals surface area (Å²) in [5.41, 5.74) is 2.64. The van der Waals surface area contributed by atoms with Gasteiger partial charge < -0.3 is 14.4 Å². The lowest BCUT2D eigenvalue weighted by Crippen LogP contribution is -2.52. The zero-order chi connectivity index (χ0) is 26.3. The van der Waals surface area contributed by atoms with E-state index in [-0.39, 0.29) is 46.2 Å². The van der Waals surface area contributed by atoms with E-state index in [0.29, 0.717) is 12.0 Å². The molecule has 8 heteroatoms. The van der Waals surface area contributed by atoms with Crippen molar-refractivity contribution in [2.75, 3.05) is 6.61 Å². The molecule has 1 heterocycles. The summed E-state index contributed by atoms with van der Waals surface area (Å²) >= 11 is 6.37. The number of hydrogen-bond donors (Lipinski definition) is 1. The van der Waals surface area contributed by atoms with Gasteiger partial charge in [-0.25, -0.2) is 9.18 Å². The van der Waals surface area contributed by atoms with Crippen molar-refractivity contribution in [2.45, 2.75) is 77.7 Å². The van der Waals surface area contributed by atoms with Gasteiger partial charge in [-0.15, -0.1) is 0 Å². The molecule has 0 fully saturated rings. The second kappa shape index (κ2) is 10.0. The summed E-state index contributed by atoms with van der Waals surface area (Å²) in [4.78, 5) is 27.4. The molecule has 1 aliphatic heterocycles. The first-order valence-corrected chi connectivity index (χ1v) is 15.2. The minimum atomic E-state index is -2.14. The molecule has 3 rings (SSSR count). The van der Waals surface area contributed by atoms with Gasteiger partial charge in [0.1, 0.15) is 5.82 Å². The molecule has 35 heavy (non-hydrogen) atoms. The fourth-order valence-corrected chi connectivity index (χ4v) is 5.69. The number of fused-ring (bicyclic) bond motifs is 1. The molecule has 0 saturated heterocycles. The first-order valence-electron chi connectivity index (χ1n) is 11.9. The molecule has 0 radical (unpaired) electrons. The number of amides is 1. The van der Waals surface area contributed by atoms with Crippen LogP contribution in [0.5, 0.6) is 0 Å². The third-order valence-electron chi connectivity index (χ3n) is 7.58. The van der Waals surface area contributed by atoms with Crippen LogP contribution >= 0.6 is 11.6 Å². The molecule has 2 aromatic carbocycles. The maximum atomic E-state index is 14.6. The second-order valence-corrected chi connectivity index (χ2v) is 16.1. The van der Waals surface area contributed by atoms with Crippen molar-refractivity contribution in [2.24, 2.45) is 0 Å². The van der Waals surface area contributed by atoms with Gasteiger partial charge in [0, 0.05) is 5.56 Å². The monoisotopic (exact) mass is 519 g/mol. The van der Waals surface area contributed by atoms with Crippen LogP contribution in [0.4, 0.5) is 4.39 Å². The number of carbonyl (C=O) groups excluding carboxylic acids is 1. The molecule has 5 nitrogen and oxygen atoms in total. The number of aryl methyl sites for hydroxylation is 1. The van der Waals surface area contributed by atoms with Crippen LogP contribution < -0.4 is 0 Å². The summed E-state index contributed by atoms with van der Waals surface area (Å²) < 4.78 is 21.1. The van der Waals surface area contributed by atoms with Crippen LogP contribution in [0.15, 0.2) is 30.3 Å². The summed E-state index contributed by atoms with van der Waals surface area (Å²) in [6.45, 7) is 14.7. The predicted octanol–water partition coefficient (Wildman–Crippen LogP) is 6.56. The Morgan fingerprint density at radius 3 is 2.49 bits per heavy atom. The van der Waals surface area contributed by atoms with Gasteiger partial charge in [-0.1, -0.05) is 50.6 Å². The first kappa shape index (κ1) is 27.4. The summed E-state index contributed by atoms with van der Waals surface area (Å²) in [5.74, 6) is -1.77.